The maximum atomic E-state index is 2.55. The molecule has 0 amide bonds. The van der Waals surface area contributed by atoms with Crippen LogP contribution in [0.25, 0.3) is 81.0 Å². The van der Waals surface area contributed by atoms with Crippen LogP contribution in [0.3, 0.4) is 0 Å². The van der Waals surface area contributed by atoms with Crippen LogP contribution in [0.5, 0.6) is 0 Å². The molecule has 0 fully saturated rings. The van der Waals surface area contributed by atoms with Gasteiger partial charge < -0.3 is 9.47 Å². The summed E-state index contributed by atoms with van der Waals surface area (Å²) >= 11 is 1.88. The molecule has 1 aliphatic heterocycles. The van der Waals surface area contributed by atoms with Gasteiger partial charge in [0.05, 0.1) is 38.2 Å². The first-order chi connectivity index (χ1) is 31.8. The monoisotopic (exact) mass is 830 g/mol. The lowest BCUT2D eigenvalue weighted by Crippen LogP contribution is -2.33. The minimum Gasteiger partial charge on any atom is -0.309 e. The average Bonchev–Trinajstić information content (AvgIpc) is 4.01. The first-order valence-electron chi connectivity index (χ1n) is 22.1. The predicted molar refractivity (Wildman–Crippen MR) is 270 cm³/mol. The first-order valence-corrected chi connectivity index (χ1v) is 22.9. The number of para-hydroxylation sites is 4. The number of hydrogen-bond donors (Lipinski definition) is 0. The molecule has 10 aromatic carbocycles. The van der Waals surface area contributed by atoms with E-state index in [2.05, 4.69) is 240 Å². The van der Waals surface area contributed by atoms with E-state index < -0.39 is 5.41 Å². The minimum atomic E-state index is -0.568. The van der Waals surface area contributed by atoms with Crippen molar-refractivity contribution in [3.05, 3.63) is 253 Å². The van der Waals surface area contributed by atoms with Gasteiger partial charge in [-0.1, -0.05) is 182 Å². The first kappa shape index (κ1) is 35.6. The van der Waals surface area contributed by atoms with Gasteiger partial charge in [-0.2, -0.15) is 0 Å². The van der Waals surface area contributed by atoms with Crippen LogP contribution >= 0.6 is 11.3 Å². The molecule has 2 aliphatic rings. The number of thiophene rings is 1. The molecule has 0 bridgehead atoms. The van der Waals surface area contributed by atoms with E-state index in [1.54, 1.807) is 0 Å². The van der Waals surface area contributed by atoms with Crippen LogP contribution in [-0.2, 0) is 5.41 Å². The average molecular weight is 831 g/mol. The summed E-state index contributed by atoms with van der Waals surface area (Å²) in [4.78, 5) is 2.55. The summed E-state index contributed by atoms with van der Waals surface area (Å²) in [7, 11) is 0. The fourth-order valence-electron chi connectivity index (χ4n) is 11.4. The largest absolute Gasteiger partial charge is 0.309 e. The van der Waals surface area contributed by atoms with Gasteiger partial charge in [-0.25, -0.2) is 0 Å². The van der Waals surface area contributed by atoms with Crippen LogP contribution in [-0.4, -0.2) is 4.57 Å². The van der Waals surface area contributed by atoms with Crippen molar-refractivity contribution < 1.29 is 0 Å². The van der Waals surface area contributed by atoms with Crippen molar-refractivity contribution in [2.45, 2.75) is 5.41 Å². The smallest absolute Gasteiger partial charge is 0.0755 e. The van der Waals surface area contributed by atoms with Crippen molar-refractivity contribution in [1.82, 2.24) is 4.57 Å². The summed E-state index contributed by atoms with van der Waals surface area (Å²) in [6.07, 6.45) is 0. The number of benzene rings is 10. The van der Waals surface area contributed by atoms with Crippen molar-refractivity contribution in [3.63, 3.8) is 0 Å². The zero-order valence-corrected chi connectivity index (χ0v) is 35.6. The van der Waals surface area contributed by atoms with Gasteiger partial charge in [-0.15, -0.1) is 11.3 Å². The summed E-state index contributed by atoms with van der Waals surface area (Å²) in [5.41, 5.74) is 19.2. The fourth-order valence-corrected chi connectivity index (χ4v) is 12.6. The Hall–Kier alpha value is -7.98. The summed E-state index contributed by atoms with van der Waals surface area (Å²) in [6.45, 7) is 0. The number of hydrogen-bond acceptors (Lipinski definition) is 2. The van der Waals surface area contributed by atoms with Gasteiger partial charge >= 0.3 is 0 Å². The Labute approximate surface area is 375 Å². The lowest BCUT2D eigenvalue weighted by atomic mass is 9.65. The third-order valence-corrected chi connectivity index (χ3v) is 15.2. The number of aromatic nitrogens is 1. The minimum absolute atomic E-state index is 0.568. The molecular weight excluding hydrogens is 793 g/mol. The van der Waals surface area contributed by atoms with Gasteiger partial charge in [0.1, 0.15) is 0 Å². The van der Waals surface area contributed by atoms with Crippen LogP contribution in [0.15, 0.2) is 231 Å². The molecule has 12 aromatic rings. The van der Waals surface area contributed by atoms with Crippen molar-refractivity contribution >= 4 is 70.4 Å². The Kier molecular flexibility index (Phi) is 7.51. The van der Waals surface area contributed by atoms with E-state index in [1.807, 2.05) is 11.3 Å². The van der Waals surface area contributed by atoms with E-state index in [0.717, 1.165) is 11.4 Å². The quantitative estimate of drug-likeness (QED) is 0.168. The molecule has 1 unspecified atom stereocenters. The highest BCUT2D eigenvalue weighted by Gasteiger charge is 2.51. The highest BCUT2D eigenvalue weighted by molar-refractivity contribution is 7.26. The predicted octanol–water partition coefficient (Wildman–Crippen LogP) is 16.6. The third kappa shape index (κ3) is 4.79. The van der Waals surface area contributed by atoms with E-state index in [1.165, 1.54) is 109 Å². The summed E-state index contributed by atoms with van der Waals surface area (Å²) in [6, 6.07) is 85.9. The highest BCUT2D eigenvalue weighted by Crippen LogP contribution is 2.62. The van der Waals surface area contributed by atoms with Crippen LogP contribution < -0.4 is 4.90 Å². The topological polar surface area (TPSA) is 8.17 Å². The molecule has 1 spiro atoms. The van der Waals surface area contributed by atoms with Gasteiger partial charge in [-0.05, 0) is 98.6 Å². The Morgan fingerprint density at radius 2 is 1.00 bits per heavy atom. The Bertz CT molecular complexity index is 3870. The molecule has 3 heterocycles. The van der Waals surface area contributed by atoms with Crippen molar-refractivity contribution in [2.75, 3.05) is 4.90 Å². The van der Waals surface area contributed by atoms with E-state index in [-0.39, 0.29) is 0 Å². The van der Waals surface area contributed by atoms with Crippen LogP contribution in [0, 0.1) is 0 Å². The molecule has 0 N–H and O–H groups in total. The van der Waals surface area contributed by atoms with E-state index in [9.17, 15) is 0 Å². The molecule has 0 radical (unpaired) electrons. The molecule has 64 heavy (non-hydrogen) atoms. The van der Waals surface area contributed by atoms with E-state index >= 15 is 0 Å². The lowest BCUT2D eigenvalue weighted by molar-refractivity contribution is 0.748. The molecule has 298 valence electrons. The molecule has 14 rings (SSSR count). The maximum absolute atomic E-state index is 2.55. The standard InChI is InChI=1S/C61H38N2S/c1-2-17-39(18-3-1)40-19-14-20-41(37-40)43-21-5-10-30-54(43)62(57-33-16-26-49-47-24-7-13-34-58(47)64-60(49)57)42-35-36-45-44-22-4-8-27-50(44)61(53(45)38-42)51-28-9-12-32-56(51)63-55-31-11-6-23-46(55)48-25-15-29-52(61)59(48)63/h1-38H. The third-order valence-electron chi connectivity index (χ3n) is 14.0. The zero-order chi connectivity index (χ0) is 41.9. The second-order valence-corrected chi connectivity index (χ2v) is 18.2. The number of rotatable bonds is 5. The summed E-state index contributed by atoms with van der Waals surface area (Å²) < 4.78 is 5.09. The fraction of sp³-hybridized carbons (Fsp3) is 0.0164. The Morgan fingerprint density at radius 1 is 0.375 bits per heavy atom. The van der Waals surface area contributed by atoms with Gasteiger partial charge in [0.15, 0.2) is 0 Å². The molecule has 2 aromatic heterocycles. The van der Waals surface area contributed by atoms with Crippen LogP contribution in [0.2, 0.25) is 0 Å². The van der Waals surface area contributed by atoms with Crippen LogP contribution in [0.4, 0.5) is 17.1 Å². The molecule has 0 saturated carbocycles. The van der Waals surface area contributed by atoms with Gasteiger partial charge in [0.2, 0.25) is 0 Å². The van der Waals surface area contributed by atoms with E-state index in [0.29, 0.717) is 0 Å². The van der Waals surface area contributed by atoms with E-state index in [4.69, 9.17) is 0 Å². The van der Waals surface area contributed by atoms with Crippen molar-refractivity contribution in [2.24, 2.45) is 0 Å². The lowest BCUT2D eigenvalue weighted by Gasteiger charge is -2.40. The SMILES string of the molecule is c1ccc(-c2cccc(-c3ccccc3N(c3ccc4c(c3)C3(c5ccccc5-4)c4ccccc4-n4c5ccccc5c5cccc3c54)c3cccc4c3sc3ccccc34)c2)cc1. The van der Waals surface area contributed by atoms with Crippen molar-refractivity contribution in [1.29, 1.82) is 0 Å². The second kappa shape index (κ2) is 13.5. The normalized spacial score (nSPS) is 14.6. The van der Waals surface area contributed by atoms with Crippen LogP contribution in [0.1, 0.15) is 22.3 Å². The number of fused-ring (bicyclic) bond motifs is 15. The second-order valence-electron chi connectivity index (χ2n) is 17.1. The number of nitrogens with zero attached hydrogens (tertiary/aromatic N) is 2. The van der Waals surface area contributed by atoms with Crippen molar-refractivity contribution in [3.8, 4) is 39.1 Å². The maximum Gasteiger partial charge on any atom is 0.0755 e. The van der Waals surface area contributed by atoms with Gasteiger partial charge in [0, 0.05) is 37.5 Å². The highest BCUT2D eigenvalue weighted by atomic mass is 32.1. The molecule has 2 nitrogen and oxygen atoms in total. The molecule has 1 atom stereocenters. The zero-order valence-electron chi connectivity index (χ0n) is 34.7. The van der Waals surface area contributed by atoms with Gasteiger partial charge in [0.25, 0.3) is 0 Å². The summed E-state index contributed by atoms with van der Waals surface area (Å²) in [5, 5.41) is 5.13. The molecular formula is C61H38N2S. The van der Waals surface area contributed by atoms with Gasteiger partial charge in [-0.3, -0.25) is 0 Å². The summed E-state index contributed by atoms with van der Waals surface area (Å²) in [5.74, 6) is 0. The Morgan fingerprint density at radius 3 is 1.92 bits per heavy atom. The molecule has 1 aliphatic carbocycles. The molecule has 0 saturated heterocycles. The Balaban J connectivity index is 1.08. The molecule has 3 heteroatoms. The number of anilines is 3.